The van der Waals surface area contributed by atoms with E-state index in [0.29, 0.717) is 16.5 Å². The summed E-state index contributed by atoms with van der Waals surface area (Å²) in [6.45, 7) is 6.28. The van der Waals surface area contributed by atoms with E-state index in [4.69, 9.17) is 11.6 Å². The van der Waals surface area contributed by atoms with Crippen molar-refractivity contribution in [2.75, 3.05) is 0 Å². The second kappa shape index (κ2) is 7.15. The van der Waals surface area contributed by atoms with Gasteiger partial charge in [-0.1, -0.05) is 49.7 Å². The number of halogens is 1. The largest absolute Gasteiger partial charge is 0.293 e. The quantitative estimate of drug-likeness (QED) is 0.510. The molecule has 0 amide bonds. The van der Waals surface area contributed by atoms with Gasteiger partial charge in [-0.15, -0.1) is 11.8 Å². The highest BCUT2D eigenvalue weighted by Crippen LogP contribution is 2.27. The fourth-order valence-electron chi connectivity index (χ4n) is 2.07. The molecule has 0 spiro atoms. The molecule has 2 aromatic carbocycles. The Morgan fingerprint density at radius 1 is 1.05 bits per heavy atom. The Hall–Kier alpha value is -1.25. The van der Waals surface area contributed by atoms with Gasteiger partial charge in [0.25, 0.3) is 0 Å². The summed E-state index contributed by atoms with van der Waals surface area (Å²) in [6.07, 6.45) is 0. The van der Waals surface area contributed by atoms with Crippen LogP contribution in [-0.4, -0.2) is 11.0 Å². The fourth-order valence-corrected chi connectivity index (χ4v) is 3.20. The fraction of sp³-hybridized carbons (Fsp3) is 0.278. The molecule has 2 aromatic rings. The highest BCUT2D eigenvalue weighted by Gasteiger charge is 2.16. The molecule has 0 saturated carbocycles. The second-order valence-corrected chi connectivity index (χ2v) is 7.21. The number of hydrogen-bond donors (Lipinski definition) is 0. The van der Waals surface area contributed by atoms with Gasteiger partial charge >= 0.3 is 0 Å². The van der Waals surface area contributed by atoms with Crippen molar-refractivity contribution in [3.63, 3.8) is 0 Å². The summed E-state index contributed by atoms with van der Waals surface area (Å²) in [5.74, 6) is 0.630. The van der Waals surface area contributed by atoms with Crippen molar-refractivity contribution in [3.05, 3.63) is 64.7 Å². The Labute approximate surface area is 135 Å². The molecule has 0 radical (unpaired) electrons. The Morgan fingerprint density at radius 2 is 1.71 bits per heavy atom. The van der Waals surface area contributed by atoms with E-state index in [1.165, 1.54) is 5.56 Å². The van der Waals surface area contributed by atoms with Gasteiger partial charge < -0.3 is 0 Å². The first kappa shape index (κ1) is 16.1. The SMILES string of the molecule is CC(Sc1ccc(C(C)C)cc1)C(=O)c1cccc(Cl)c1. The number of ketones is 1. The molecule has 1 atom stereocenters. The van der Waals surface area contributed by atoms with Crippen LogP contribution < -0.4 is 0 Å². The molecule has 0 aliphatic heterocycles. The van der Waals surface area contributed by atoms with Crippen molar-refractivity contribution >= 4 is 29.1 Å². The average molecular weight is 319 g/mol. The van der Waals surface area contributed by atoms with E-state index in [2.05, 4.69) is 38.1 Å². The molecular weight excluding hydrogens is 300 g/mol. The van der Waals surface area contributed by atoms with Crippen LogP contribution in [0.5, 0.6) is 0 Å². The Kier molecular flexibility index (Phi) is 5.49. The normalized spacial score (nSPS) is 12.4. The van der Waals surface area contributed by atoms with E-state index in [1.807, 2.05) is 19.1 Å². The van der Waals surface area contributed by atoms with E-state index < -0.39 is 0 Å². The lowest BCUT2D eigenvalue weighted by molar-refractivity contribution is 0.0994. The number of benzene rings is 2. The highest BCUT2D eigenvalue weighted by atomic mass is 35.5. The van der Waals surface area contributed by atoms with Gasteiger partial charge in [0.15, 0.2) is 5.78 Å². The van der Waals surface area contributed by atoms with Crippen molar-refractivity contribution in [1.29, 1.82) is 0 Å². The molecule has 0 aromatic heterocycles. The first-order valence-corrected chi connectivity index (χ1v) is 8.29. The van der Waals surface area contributed by atoms with Crippen molar-refractivity contribution in [2.24, 2.45) is 0 Å². The van der Waals surface area contributed by atoms with Crippen molar-refractivity contribution in [3.8, 4) is 0 Å². The second-order valence-electron chi connectivity index (χ2n) is 5.36. The van der Waals surface area contributed by atoms with Crippen LogP contribution in [0.4, 0.5) is 0 Å². The summed E-state index contributed by atoms with van der Waals surface area (Å²) < 4.78 is 0. The maximum atomic E-state index is 12.4. The number of rotatable bonds is 5. The van der Waals surface area contributed by atoms with Crippen LogP contribution in [0.3, 0.4) is 0 Å². The minimum Gasteiger partial charge on any atom is -0.293 e. The number of thioether (sulfide) groups is 1. The van der Waals surface area contributed by atoms with Crippen molar-refractivity contribution in [1.82, 2.24) is 0 Å². The molecule has 1 unspecified atom stereocenters. The molecule has 0 N–H and O–H groups in total. The number of carbonyl (C=O) groups is 1. The maximum absolute atomic E-state index is 12.4. The zero-order valence-electron chi connectivity index (χ0n) is 12.5. The molecule has 0 heterocycles. The van der Waals surface area contributed by atoms with Crippen LogP contribution in [0.2, 0.25) is 5.02 Å². The lowest BCUT2D eigenvalue weighted by Gasteiger charge is -2.12. The van der Waals surface area contributed by atoms with E-state index in [9.17, 15) is 4.79 Å². The Morgan fingerprint density at radius 3 is 2.29 bits per heavy atom. The third-order valence-electron chi connectivity index (χ3n) is 3.34. The highest BCUT2D eigenvalue weighted by molar-refractivity contribution is 8.00. The van der Waals surface area contributed by atoms with Gasteiger partial charge in [0, 0.05) is 15.5 Å². The van der Waals surface area contributed by atoms with E-state index in [0.717, 1.165) is 4.90 Å². The van der Waals surface area contributed by atoms with Gasteiger partial charge in [-0.05, 0) is 42.7 Å². The smallest absolute Gasteiger partial charge is 0.175 e. The van der Waals surface area contributed by atoms with Gasteiger partial charge in [-0.2, -0.15) is 0 Å². The van der Waals surface area contributed by atoms with Crippen LogP contribution in [0.15, 0.2) is 53.4 Å². The third kappa shape index (κ3) is 4.36. The van der Waals surface area contributed by atoms with Crippen molar-refractivity contribution in [2.45, 2.75) is 36.8 Å². The van der Waals surface area contributed by atoms with Crippen LogP contribution in [0.1, 0.15) is 42.6 Å². The van der Waals surface area contributed by atoms with Crippen LogP contribution in [-0.2, 0) is 0 Å². The van der Waals surface area contributed by atoms with E-state index in [-0.39, 0.29) is 11.0 Å². The summed E-state index contributed by atoms with van der Waals surface area (Å²) >= 11 is 7.52. The summed E-state index contributed by atoms with van der Waals surface area (Å²) in [4.78, 5) is 13.5. The molecular formula is C18H19ClOS. The zero-order valence-corrected chi connectivity index (χ0v) is 14.0. The molecule has 0 bridgehead atoms. The number of carbonyl (C=O) groups excluding carboxylic acids is 1. The van der Waals surface area contributed by atoms with Gasteiger partial charge in [0.2, 0.25) is 0 Å². The summed E-state index contributed by atoms with van der Waals surface area (Å²) in [5, 5.41) is 0.465. The van der Waals surface area contributed by atoms with Gasteiger partial charge in [0.05, 0.1) is 5.25 Å². The third-order valence-corrected chi connectivity index (χ3v) is 4.69. The van der Waals surface area contributed by atoms with Gasteiger partial charge in [-0.25, -0.2) is 0 Å². The van der Waals surface area contributed by atoms with Crippen LogP contribution in [0, 0.1) is 0 Å². The average Bonchev–Trinajstić information content (AvgIpc) is 2.47. The van der Waals surface area contributed by atoms with E-state index >= 15 is 0 Å². The molecule has 110 valence electrons. The van der Waals surface area contributed by atoms with Gasteiger partial charge in [0.1, 0.15) is 0 Å². The minimum atomic E-state index is -0.131. The first-order chi connectivity index (χ1) is 9.97. The molecule has 3 heteroatoms. The predicted molar refractivity (Wildman–Crippen MR) is 91.6 cm³/mol. The molecule has 1 nitrogen and oxygen atoms in total. The summed E-state index contributed by atoms with van der Waals surface area (Å²) in [5.41, 5.74) is 1.98. The zero-order chi connectivity index (χ0) is 15.4. The topological polar surface area (TPSA) is 17.1 Å². The Balaban J connectivity index is 2.07. The molecule has 0 saturated heterocycles. The number of Topliss-reactive ketones (excluding diaryl/α,β-unsaturated/α-hetero) is 1. The monoisotopic (exact) mass is 318 g/mol. The Bertz CT molecular complexity index is 619. The summed E-state index contributed by atoms with van der Waals surface area (Å²) in [6, 6.07) is 15.6. The lowest BCUT2D eigenvalue weighted by atomic mass is 10.0. The van der Waals surface area contributed by atoms with Crippen molar-refractivity contribution < 1.29 is 4.79 Å². The van der Waals surface area contributed by atoms with Gasteiger partial charge in [-0.3, -0.25) is 4.79 Å². The molecule has 0 fully saturated rings. The summed E-state index contributed by atoms with van der Waals surface area (Å²) in [7, 11) is 0. The van der Waals surface area contributed by atoms with Crippen LogP contribution >= 0.6 is 23.4 Å². The standard InChI is InChI=1S/C18H19ClOS/c1-12(2)14-7-9-17(10-8-14)21-13(3)18(20)15-5-4-6-16(19)11-15/h4-13H,1-3H3. The molecule has 0 aliphatic rings. The first-order valence-electron chi connectivity index (χ1n) is 7.04. The maximum Gasteiger partial charge on any atom is 0.175 e. The molecule has 2 rings (SSSR count). The lowest BCUT2D eigenvalue weighted by Crippen LogP contribution is -2.13. The molecule has 0 aliphatic carbocycles. The van der Waals surface area contributed by atoms with E-state index in [1.54, 1.807) is 23.9 Å². The van der Waals surface area contributed by atoms with Crippen LogP contribution in [0.25, 0.3) is 0 Å². The molecule has 21 heavy (non-hydrogen) atoms. The predicted octanol–water partition coefficient (Wildman–Crippen LogP) is 5.83. The number of hydrogen-bond acceptors (Lipinski definition) is 2. The minimum absolute atomic E-state index is 0.107.